The van der Waals surface area contributed by atoms with Crippen molar-refractivity contribution < 1.29 is 4.79 Å². The van der Waals surface area contributed by atoms with Gasteiger partial charge in [0.05, 0.1) is 0 Å². The number of aromatic amines is 1. The lowest BCUT2D eigenvalue weighted by Crippen LogP contribution is -2.14. The fourth-order valence-corrected chi connectivity index (χ4v) is 2.74. The number of hydrogen-bond donors (Lipinski definition) is 3. The van der Waals surface area contributed by atoms with E-state index >= 15 is 0 Å². The molecule has 0 aliphatic carbocycles. The average molecular weight is 272 g/mol. The van der Waals surface area contributed by atoms with Crippen molar-refractivity contribution in [2.75, 3.05) is 11.1 Å². The van der Waals surface area contributed by atoms with Gasteiger partial charge in [0.25, 0.3) is 5.91 Å². The van der Waals surface area contributed by atoms with Crippen LogP contribution in [-0.2, 0) is 0 Å². The predicted octanol–water partition coefficient (Wildman–Crippen LogP) is 2.77. The number of amides is 1. The Morgan fingerprint density at radius 2 is 2.26 bits per heavy atom. The van der Waals surface area contributed by atoms with Crippen LogP contribution in [0, 0.1) is 6.92 Å². The summed E-state index contributed by atoms with van der Waals surface area (Å²) >= 11 is 1.67. The quantitative estimate of drug-likeness (QED) is 0.670. The topological polar surface area (TPSA) is 83.8 Å². The minimum atomic E-state index is -0.252. The molecule has 0 saturated heterocycles. The van der Waals surface area contributed by atoms with E-state index < -0.39 is 0 Å². The minimum absolute atomic E-state index is 0.214. The predicted molar refractivity (Wildman–Crippen MR) is 77.5 cm³/mol. The van der Waals surface area contributed by atoms with Crippen molar-refractivity contribution in [2.45, 2.75) is 6.92 Å². The standard InChI is InChI=1S/C13H12N4OS/c1-7-11(12(14)17-16-7)13(18)15-9-2-3-10-8(6-9)4-5-19-10/h2-6H,1H3,(H,15,18)(H3,14,16,17). The second-order valence-corrected chi connectivity index (χ2v) is 5.18. The molecule has 0 radical (unpaired) electrons. The van der Waals surface area contributed by atoms with E-state index in [1.165, 1.54) is 4.70 Å². The van der Waals surface area contributed by atoms with Gasteiger partial charge in [0, 0.05) is 16.1 Å². The number of nitrogens with zero attached hydrogens (tertiary/aromatic N) is 1. The highest BCUT2D eigenvalue weighted by molar-refractivity contribution is 7.17. The van der Waals surface area contributed by atoms with E-state index in [9.17, 15) is 4.79 Å². The van der Waals surface area contributed by atoms with Crippen LogP contribution in [0.5, 0.6) is 0 Å². The van der Waals surface area contributed by atoms with Gasteiger partial charge in [-0.2, -0.15) is 5.10 Å². The Kier molecular flexibility index (Phi) is 2.72. The molecule has 1 aromatic carbocycles. The summed E-state index contributed by atoms with van der Waals surface area (Å²) in [6.45, 7) is 1.76. The van der Waals surface area contributed by atoms with Gasteiger partial charge < -0.3 is 11.1 Å². The molecular weight excluding hydrogens is 260 g/mol. The summed E-state index contributed by atoms with van der Waals surface area (Å²) in [6, 6.07) is 7.83. The molecule has 6 heteroatoms. The van der Waals surface area contributed by atoms with Gasteiger partial charge in [-0.3, -0.25) is 9.89 Å². The summed E-state index contributed by atoms with van der Waals surface area (Å²) in [7, 11) is 0. The van der Waals surface area contributed by atoms with Crippen molar-refractivity contribution >= 4 is 38.8 Å². The lowest BCUT2D eigenvalue weighted by molar-refractivity contribution is 0.102. The van der Waals surface area contributed by atoms with Crippen molar-refractivity contribution in [1.29, 1.82) is 0 Å². The molecule has 19 heavy (non-hydrogen) atoms. The summed E-state index contributed by atoms with van der Waals surface area (Å²) < 4.78 is 1.19. The molecular formula is C13H12N4OS. The second kappa shape index (κ2) is 4.40. The van der Waals surface area contributed by atoms with Gasteiger partial charge in [-0.05, 0) is 42.0 Å². The van der Waals surface area contributed by atoms with Crippen LogP contribution in [0.3, 0.4) is 0 Å². The minimum Gasteiger partial charge on any atom is -0.382 e. The number of rotatable bonds is 2. The smallest absolute Gasteiger partial charge is 0.261 e. The average Bonchev–Trinajstić information content (AvgIpc) is 2.95. The lowest BCUT2D eigenvalue weighted by Gasteiger charge is -2.05. The molecule has 0 saturated carbocycles. The zero-order chi connectivity index (χ0) is 13.4. The van der Waals surface area contributed by atoms with E-state index in [2.05, 4.69) is 15.5 Å². The first-order valence-corrected chi connectivity index (χ1v) is 6.62. The van der Waals surface area contributed by atoms with Crippen LogP contribution in [0.4, 0.5) is 11.5 Å². The molecule has 4 N–H and O–H groups in total. The van der Waals surface area contributed by atoms with Crippen molar-refractivity contribution in [2.24, 2.45) is 0 Å². The number of aryl methyl sites for hydroxylation is 1. The SMILES string of the molecule is Cc1[nH]nc(N)c1C(=O)Nc1ccc2sccc2c1. The first kappa shape index (κ1) is 11.7. The third kappa shape index (κ3) is 2.06. The number of H-pyrrole nitrogens is 1. The Labute approximate surface area is 113 Å². The van der Waals surface area contributed by atoms with Crippen molar-refractivity contribution in [1.82, 2.24) is 10.2 Å². The number of hydrogen-bond acceptors (Lipinski definition) is 4. The number of nitrogens with two attached hydrogens (primary N) is 1. The largest absolute Gasteiger partial charge is 0.382 e. The number of anilines is 2. The third-order valence-electron chi connectivity index (χ3n) is 2.91. The highest BCUT2D eigenvalue weighted by atomic mass is 32.1. The Hall–Kier alpha value is -2.34. The van der Waals surface area contributed by atoms with Crippen molar-refractivity contribution in [3.05, 3.63) is 40.9 Å². The first-order valence-electron chi connectivity index (χ1n) is 5.74. The molecule has 2 aromatic heterocycles. The van der Waals surface area contributed by atoms with Gasteiger partial charge in [-0.25, -0.2) is 0 Å². The Balaban J connectivity index is 1.90. The Bertz CT molecular complexity index is 739. The van der Waals surface area contributed by atoms with Gasteiger partial charge >= 0.3 is 0 Å². The van der Waals surface area contributed by atoms with Gasteiger partial charge in [0.1, 0.15) is 5.56 Å². The molecule has 5 nitrogen and oxygen atoms in total. The monoisotopic (exact) mass is 272 g/mol. The van der Waals surface area contributed by atoms with Gasteiger partial charge in [0.15, 0.2) is 5.82 Å². The number of aromatic nitrogens is 2. The molecule has 3 aromatic rings. The molecule has 0 spiro atoms. The fourth-order valence-electron chi connectivity index (χ4n) is 1.97. The second-order valence-electron chi connectivity index (χ2n) is 4.24. The molecule has 1 amide bonds. The van der Waals surface area contributed by atoms with Crippen molar-refractivity contribution in [3.8, 4) is 0 Å². The molecule has 3 rings (SSSR count). The number of benzene rings is 1. The third-order valence-corrected chi connectivity index (χ3v) is 3.81. The molecule has 96 valence electrons. The number of nitrogens with one attached hydrogen (secondary N) is 2. The van der Waals surface area contributed by atoms with Crippen LogP contribution in [0.15, 0.2) is 29.6 Å². The van der Waals surface area contributed by atoms with Crippen LogP contribution in [0.1, 0.15) is 16.1 Å². The Morgan fingerprint density at radius 3 is 3.00 bits per heavy atom. The van der Waals surface area contributed by atoms with E-state index in [1.807, 2.05) is 29.6 Å². The lowest BCUT2D eigenvalue weighted by atomic mass is 10.2. The maximum absolute atomic E-state index is 12.1. The first-order chi connectivity index (χ1) is 9.15. The highest BCUT2D eigenvalue weighted by Crippen LogP contribution is 2.24. The Morgan fingerprint density at radius 1 is 1.42 bits per heavy atom. The van der Waals surface area contributed by atoms with E-state index in [4.69, 9.17) is 5.73 Å². The van der Waals surface area contributed by atoms with E-state index in [1.54, 1.807) is 18.3 Å². The number of nitrogen functional groups attached to an aromatic ring is 1. The normalized spacial score (nSPS) is 10.8. The number of thiophene rings is 1. The summed E-state index contributed by atoms with van der Waals surface area (Å²) in [5.41, 5.74) is 7.47. The zero-order valence-corrected chi connectivity index (χ0v) is 11.0. The molecule has 0 atom stereocenters. The zero-order valence-electron chi connectivity index (χ0n) is 10.2. The number of fused-ring (bicyclic) bond motifs is 1. The molecule has 0 unspecified atom stereocenters. The summed E-state index contributed by atoms with van der Waals surface area (Å²) in [5, 5.41) is 12.5. The van der Waals surface area contributed by atoms with Gasteiger partial charge in [0.2, 0.25) is 0 Å². The molecule has 2 heterocycles. The van der Waals surface area contributed by atoms with Crippen LogP contribution < -0.4 is 11.1 Å². The molecule has 0 aliphatic rings. The highest BCUT2D eigenvalue weighted by Gasteiger charge is 2.16. The van der Waals surface area contributed by atoms with Crippen molar-refractivity contribution in [3.63, 3.8) is 0 Å². The molecule has 0 aliphatic heterocycles. The summed E-state index contributed by atoms with van der Waals surface area (Å²) in [4.78, 5) is 12.1. The van der Waals surface area contributed by atoms with E-state index in [-0.39, 0.29) is 11.7 Å². The maximum atomic E-state index is 12.1. The van der Waals surface area contributed by atoms with Gasteiger partial charge in [-0.15, -0.1) is 11.3 Å². The van der Waals surface area contributed by atoms with Crippen LogP contribution >= 0.6 is 11.3 Å². The van der Waals surface area contributed by atoms with E-state index in [0.29, 0.717) is 11.3 Å². The van der Waals surface area contributed by atoms with E-state index in [0.717, 1.165) is 11.1 Å². The summed E-state index contributed by atoms with van der Waals surface area (Å²) in [5.74, 6) is -0.0371. The van der Waals surface area contributed by atoms with Crippen LogP contribution in [0.25, 0.3) is 10.1 Å². The van der Waals surface area contributed by atoms with Crippen LogP contribution in [-0.4, -0.2) is 16.1 Å². The molecule has 0 bridgehead atoms. The fraction of sp³-hybridized carbons (Fsp3) is 0.0769. The van der Waals surface area contributed by atoms with Gasteiger partial charge in [-0.1, -0.05) is 0 Å². The number of carbonyl (C=O) groups is 1. The summed E-state index contributed by atoms with van der Waals surface area (Å²) in [6.07, 6.45) is 0. The molecule has 0 fully saturated rings. The van der Waals surface area contributed by atoms with Crippen LogP contribution in [0.2, 0.25) is 0 Å². The maximum Gasteiger partial charge on any atom is 0.261 e. The number of carbonyl (C=O) groups excluding carboxylic acids is 1.